The van der Waals surface area contributed by atoms with Crippen LogP contribution in [-0.4, -0.2) is 47.7 Å². The van der Waals surface area contributed by atoms with Crippen molar-refractivity contribution < 1.29 is 42.8 Å². The highest BCUT2D eigenvalue weighted by molar-refractivity contribution is 6.06. The first-order valence-corrected chi connectivity index (χ1v) is 18.0. The predicted octanol–water partition coefficient (Wildman–Crippen LogP) is 8.08. The number of ether oxygens (including phenoxy) is 3. The second-order valence-electron chi connectivity index (χ2n) is 16.3. The topological polar surface area (TPSA) is 149 Å². The van der Waals surface area contributed by atoms with Crippen molar-refractivity contribution in [2.45, 2.75) is 71.5 Å². The molecule has 7 unspecified atom stereocenters. The summed E-state index contributed by atoms with van der Waals surface area (Å²) in [6.07, 6.45) is 11.1. The summed E-state index contributed by atoms with van der Waals surface area (Å²) in [4.78, 5) is 39.4. The molecule has 4 aliphatic carbocycles. The molecule has 3 heterocycles. The zero-order valence-corrected chi connectivity index (χ0v) is 30.9. The molecular weight excluding hydrogens is 676 g/mol. The highest BCUT2D eigenvalue weighted by Gasteiger charge is 2.87. The summed E-state index contributed by atoms with van der Waals surface area (Å²) in [6, 6.07) is 12.1. The summed E-state index contributed by atoms with van der Waals surface area (Å²) < 4.78 is 27.6. The number of hydrogen-bond acceptors (Lipinski definition) is 10. The van der Waals surface area contributed by atoms with E-state index in [4.69, 9.17) is 23.0 Å². The van der Waals surface area contributed by atoms with E-state index in [0.717, 1.165) is 24.8 Å². The Morgan fingerprint density at radius 3 is 2.28 bits per heavy atom. The molecule has 1 spiro atoms. The van der Waals surface area contributed by atoms with Crippen molar-refractivity contribution >= 4 is 22.5 Å². The first-order valence-electron chi connectivity index (χ1n) is 18.0. The number of phenolic OH excluding ortho intramolecular Hbond substituents is 1. The van der Waals surface area contributed by atoms with Gasteiger partial charge in [0.25, 0.3) is 0 Å². The summed E-state index contributed by atoms with van der Waals surface area (Å²) in [7, 11) is 2.99. The fourth-order valence-electron chi connectivity index (χ4n) is 11.1. The van der Waals surface area contributed by atoms with Crippen molar-refractivity contribution in [2.24, 2.45) is 27.6 Å². The maximum Gasteiger partial charge on any atom is 0.206 e. The molecule has 2 aromatic heterocycles. The zero-order valence-electron chi connectivity index (χ0n) is 30.9. The van der Waals surface area contributed by atoms with Crippen molar-refractivity contribution in [1.82, 2.24) is 0 Å². The quantitative estimate of drug-likeness (QED) is 0.198. The van der Waals surface area contributed by atoms with Crippen LogP contribution in [0.15, 0.2) is 98.4 Å². The van der Waals surface area contributed by atoms with Crippen molar-refractivity contribution in [2.75, 3.05) is 14.2 Å². The minimum absolute atomic E-state index is 0.00527. The van der Waals surface area contributed by atoms with E-state index in [0.29, 0.717) is 22.3 Å². The van der Waals surface area contributed by atoms with Gasteiger partial charge in [-0.2, -0.15) is 0 Å². The van der Waals surface area contributed by atoms with E-state index in [1.807, 2.05) is 39.2 Å². The van der Waals surface area contributed by atoms with Gasteiger partial charge in [0, 0.05) is 10.8 Å². The third-order valence-electron chi connectivity index (χ3n) is 13.6. The summed E-state index contributed by atoms with van der Waals surface area (Å²) in [5.74, 6) is 0.472. The summed E-state index contributed by atoms with van der Waals surface area (Å²) >= 11 is 0. The highest BCUT2D eigenvalue weighted by Crippen LogP contribution is 2.81. The maximum absolute atomic E-state index is 14.0. The molecule has 3 fully saturated rings. The number of hydrogen-bond donors (Lipinski definition) is 2. The SMILES string of the molecule is CC1(C)C(=O)C=CC2(C)C1=C(O)C(=O)C1(C)C2CCC2(C)C(c3ccoc3)CC3OC321.COc1ccc(-c2coc3c(OC)c(O)ccc3c2=O)cc1. The maximum atomic E-state index is 14.0. The lowest BCUT2D eigenvalue weighted by Gasteiger charge is -2.62. The normalized spacial score (nSPS) is 33.3. The van der Waals surface area contributed by atoms with E-state index >= 15 is 0 Å². The lowest BCUT2D eigenvalue weighted by molar-refractivity contribution is -0.162. The van der Waals surface area contributed by atoms with Gasteiger partial charge >= 0.3 is 0 Å². The number of benzene rings is 2. The number of phenols is 1. The summed E-state index contributed by atoms with van der Waals surface area (Å²) in [5, 5.41) is 21.4. The smallest absolute Gasteiger partial charge is 0.206 e. The van der Waals surface area contributed by atoms with Crippen molar-refractivity contribution in [3.05, 3.63) is 101 Å². The molecule has 5 aliphatic rings. The number of ketones is 2. The molecular formula is C43H44O10. The predicted molar refractivity (Wildman–Crippen MR) is 196 cm³/mol. The van der Waals surface area contributed by atoms with Gasteiger partial charge in [-0.15, -0.1) is 0 Å². The van der Waals surface area contributed by atoms with Crippen molar-refractivity contribution in [3.63, 3.8) is 0 Å². The van der Waals surface area contributed by atoms with Gasteiger partial charge in [0.1, 0.15) is 17.6 Å². The van der Waals surface area contributed by atoms with Crippen LogP contribution in [0.2, 0.25) is 0 Å². The summed E-state index contributed by atoms with van der Waals surface area (Å²) in [6.45, 7) is 10.0. The standard InChI is InChI=1S/C26H30O5.C17H14O5/c1-22(2)17(27)7-9-23(3)16-6-10-24(4)15(14-8-11-30-13-14)12-18-26(24,31-18)25(16,5)21(29)19(28)20(22)23;1-20-11-5-3-10(4-6-11)13-9-22-16-12(15(13)19)7-8-14(18)17(16)21-2/h7-9,11,13,15-16,18,28H,6,10,12H2,1-5H3;3-9,18H,1-2H3. The van der Waals surface area contributed by atoms with Gasteiger partial charge in [-0.25, -0.2) is 0 Å². The molecule has 10 heteroatoms. The molecule has 53 heavy (non-hydrogen) atoms. The van der Waals surface area contributed by atoms with Crippen LogP contribution >= 0.6 is 0 Å². The van der Waals surface area contributed by atoms with Gasteiger partial charge in [0.05, 0.1) is 54.6 Å². The molecule has 7 atom stereocenters. The number of fused-ring (bicyclic) bond motifs is 4. The molecule has 4 aromatic rings. The first kappa shape index (κ1) is 35.0. The van der Waals surface area contributed by atoms with E-state index < -0.39 is 21.8 Å². The highest BCUT2D eigenvalue weighted by atomic mass is 16.6. The third kappa shape index (κ3) is 4.38. The van der Waals surface area contributed by atoms with Gasteiger partial charge in [-0.1, -0.05) is 32.1 Å². The number of epoxide rings is 1. The van der Waals surface area contributed by atoms with Crippen LogP contribution < -0.4 is 14.9 Å². The van der Waals surface area contributed by atoms with Gasteiger partial charge in [-0.05, 0) is 105 Å². The van der Waals surface area contributed by atoms with E-state index in [9.17, 15) is 24.6 Å². The lowest BCUT2D eigenvalue weighted by Crippen LogP contribution is -2.66. The van der Waals surface area contributed by atoms with Gasteiger partial charge < -0.3 is 33.3 Å². The Bertz CT molecular complexity index is 2300. The number of methoxy groups -OCH3 is 2. The largest absolute Gasteiger partial charge is 0.504 e. The second kappa shape index (κ2) is 11.5. The lowest BCUT2D eigenvalue weighted by atomic mass is 9.39. The molecule has 10 nitrogen and oxygen atoms in total. The molecule has 2 N–H and O–H groups in total. The zero-order chi connectivity index (χ0) is 37.9. The molecule has 2 saturated carbocycles. The molecule has 0 bridgehead atoms. The third-order valence-corrected chi connectivity index (χ3v) is 13.6. The van der Waals surface area contributed by atoms with Gasteiger partial charge in [0.15, 0.2) is 22.9 Å². The second-order valence-corrected chi connectivity index (χ2v) is 16.3. The molecule has 276 valence electrons. The number of carbonyl (C=O) groups is 2. The monoisotopic (exact) mass is 720 g/mol. The molecule has 1 saturated heterocycles. The van der Waals surface area contributed by atoms with Crippen LogP contribution in [0.4, 0.5) is 0 Å². The molecule has 0 radical (unpaired) electrons. The van der Waals surface area contributed by atoms with Crippen molar-refractivity contribution in [1.29, 1.82) is 0 Å². The number of rotatable bonds is 4. The molecule has 0 amide bonds. The Labute approximate surface area is 307 Å². The number of allylic oxidation sites excluding steroid dienone is 4. The van der Waals surface area contributed by atoms with E-state index in [2.05, 4.69) is 13.8 Å². The minimum Gasteiger partial charge on any atom is -0.504 e. The van der Waals surface area contributed by atoms with Crippen LogP contribution in [-0.2, 0) is 14.3 Å². The Balaban J connectivity index is 0.000000161. The average molecular weight is 721 g/mol. The van der Waals surface area contributed by atoms with E-state index in [1.165, 1.54) is 31.1 Å². The van der Waals surface area contributed by atoms with E-state index in [1.54, 1.807) is 43.7 Å². The minimum atomic E-state index is -0.901. The number of aromatic hydroxyl groups is 1. The number of Topliss-reactive ketones (excluding diaryl/α,β-unsaturated/α-hetero) is 1. The summed E-state index contributed by atoms with van der Waals surface area (Å²) in [5.41, 5.74) is -0.204. The molecule has 9 rings (SSSR count). The van der Waals surface area contributed by atoms with Crippen LogP contribution in [0.25, 0.3) is 22.1 Å². The van der Waals surface area contributed by atoms with Crippen molar-refractivity contribution in [3.8, 4) is 28.4 Å². The average Bonchev–Trinajstić information content (AvgIpc) is 3.49. The Morgan fingerprint density at radius 2 is 1.62 bits per heavy atom. The Kier molecular flexibility index (Phi) is 7.56. The Hall–Kier alpha value is -5.09. The molecule has 2 aromatic carbocycles. The number of aliphatic hydroxyl groups excluding tert-OH is 1. The van der Waals surface area contributed by atoms with Crippen LogP contribution in [0.5, 0.6) is 17.2 Å². The van der Waals surface area contributed by atoms with Crippen LogP contribution in [0, 0.1) is 27.6 Å². The van der Waals surface area contributed by atoms with E-state index in [-0.39, 0.29) is 63.2 Å². The first-order chi connectivity index (χ1) is 25.1. The fraction of sp³-hybridized carbons (Fsp3) is 0.419. The number of aliphatic hydroxyl groups is 1. The fourth-order valence-corrected chi connectivity index (χ4v) is 11.1. The number of furan rings is 1. The number of carbonyl (C=O) groups excluding carboxylic acids is 2. The van der Waals surface area contributed by atoms with Gasteiger partial charge in [0.2, 0.25) is 17.0 Å². The van der Waals surface area contributed by atoms with Crippen LogP contribution in [0.1, 0.15) is 65.4 Å². The Morgan fingerprint density at radius 1 is 0.887 bits per heavy atom. The van der Waals surface area contributed by atoms with Crippen LogP contribution in [0.3, 0.4) is 0 Å². The molecule has 1 aliphatic heterocycles. The van der Waals surface area contributed by atoms with Gasteiger partial charge in [-0.3, -0.25) is 14.4 Å².